The summed E-state index contributed by atoms with van der Waals surface area (Å²) in [6, 6.07) is 2.85. The van der Waals surface area contributed by atoms with Crippen LogP contribution in [0.3, 0.4) is 0 Å². The molecule has 0 fully saturated rings. The predicted octanol–water partition coefficient (Wildman–Crippen LogP) is 1.62. The molecule has 0 spiro atoms. The van der Waals surface area contributed by atoms with Crippen LogP contribution in [0.2, 0.25) is 0 Å². The van der Waals surface area contributed by atoms with Gasteiger partial charge in [0.2, 0.25) is 0 Å². The number of aldehydes is 1. The van der Waals surface area contributed by atoms with Crippen LogP contribution >= 0.6 is 0 Å². The lowest BCUT2D eigenvalue weighted by Gasteiger charge is -2.10. The van der Waals surface area contributed by atoms with Crippen molar-refractivity contribution in [2.45, 2.75) is 6.92 Å². The summed E-state index contributed by atoms with van der Waals surface area (Å²) >= 11 is 0. The molecule has 106 valence electrons. The summed E-state index contributed by atoms with van der Waals surface area (Å²) in [7, 11) is 2.63. The van der Waals surface area contributed by atoms with Crippen LogP contribution in [-0.4, -0.2) is 32.4 Å². The van der Waals surface area contributed by atoms with Gasteiger partial charge in [0.25, 0.3) is 0 Å². The summed E-state index contributed by atoms with van der Waals surface area (Å²) in [4.78, 5) is 33.1. The van der Waals surface area contributed by atoms with Crippen LogP contribution in [-0.2, 0) is 14.3 Å². The first-order valence-electron chi connectivity index (χ1n) is 5.63. The molecular formula is C14H14O6. The lowest BCUT2D eigenvalue weighted by Crippen LogP contribution is -2.04. The van der Waals surface area contributed by atoms with Gasteiger partial charge in [0, 0.05) is 18.6 Å². The zero-order chi connectivity index (χ0) is 15.1. The Hall–Kier alpha value is -2.63. The van der Waals surface area contributed by atoms with Crippen LogP contribution in [0.15, 0.2) is 18.2 Å². The molecule has 20 heavy (non-hydrogen) atoms. The summed E-state index contributed by atoms with van der Waals surface area (Å²) < 4.78 is 14.5. The van der Waals surface area contributed by atoms with Crippen LogP contribution in [0.4, 0.5) is 0 Å². The van der Waals surface area contributed by atoms with E-state index in [0.29, 0.717) is 11.8 Å². The molecule has 6 nitrogen and oxygen atoms in total. The van der Waals surface area contributed by atoms with Crippen molar-refractivity contribution in [1.82, 2.24) is 0 Å². The highest BCUT2D eigenvalue weighted by molar-refractivity contribution is 5.91. The fourth-order valence-corrected chi connectivity index (χ4v) is 1.46. The van der Waals surface area contributed by atoms with Gasteiger partial charge in [0.05, 0.1) is 14.2 Å². The maximum Gasteiger partial charge on any atom is 0.330 e. The third-order valence-corrected chi connectivity index (χ3v) is 2.35. The normalized spacial score (nSPS) is 10.2. The number of esters is 2. The van der Waals surface area contributed by atoms with Crippen LogP contribution in [0.25, 0.3) is 6.08 Å². The van der Waals surface area contributed by atoms with Crippen LogP contribution < -0.4 is 9.47 Å². The minimum absolute atomic E-state index is 0.162. The molecule has 0 N–H and O–H groups in total. The highest BCUT2D eigenvalue weighted by atomic mass is 16.6. The Labute approximate surface area is 115 Å². The van der Waals surface area contributed by atoms with Gasteiger partial charge in [-0.25, -0.2) is 4.79 Å². The number of hydrogen-bond donors (Lipinski definition) is 0. The Morgan fingerprint density at radius 2 is 1.75 bits per heavy atom. The van der Waals surface area contributed by atoms with Gasteiger partial charge in [-0.2, -0.15) is 0 Å². The fourth-order valence-electron chi connectivity index (χ4n) is 1.46. The van der Waals surface area contributed by atoms with Gasteiger partial charge in [0.1, 0.15) is 0 Å². The third kappa shape index (κ3) is 3.94. The number of carbonyl (C=O) groups excluding carboxylic acids is 3. The average Bonchev–Trinajstić information content (AvgIpc) is 2.43. The van der Waals surface area contributed by atoms with Gasteiger partial charge in [-0.15, -0.1) is 0 Å². The lowest BCUT2D eigenvalue weighted by atomic mass is 10.1. The van der Waals surface area contributed by atoms with Gasteiger partial charge >= 0.3 is 11.9 Å². The first kappa shape index (κ1) is 15.4. The fraction of sp³-hybridized carbons (Fsp3) is 0.214. The number of hydrogen-bond acceptors (Lipinski definition) is 6. The van der Waals surface area contributed by atoms with E-state index in [9.17, 15) is 14.4 Å². The van der Waals surface area contributed by atoms with Crippen molar-refractivity contribution in [3.8, 4) is 11.5 Å². The van der Waals surface area contributed by atoms with Crippen LogP contribution in [0.1, 0.15) is 22.8 Å². The van der Waals surface area contributed by atoms with Crippen molar-refractivity contribution in [2.75, 3.05) is 14.2 Å². The molecule has 0 aliphatic rings. The predicted molar refractivity (Wildman–Crippen MR) is 70.7 cm³/mol. The lowest BCUT2D eigenvalue weighted by molar-refractivity contribution is -0.135. The van der Waals surface area contributed by atoms with E-state index in [-0.39, 0.29) is 17.1 Å². The highest BCUT2D eigenvalue weighted by Crippen LogP contribution is 2.31. The van der Waals surface area contributed by atoms with Crippen molar-refractivity contribution in [3.63, 3.8) is 0 Å². The summed E-state index contributed by atoms with van der Waals surface area (Å²) in [5.74, 6) is -0.676. The number of ether oxygens (including phenoxy) is 3. The average molecular weight is 278 g/mol. The molecule has 0 amide bonds. The molecule has 1 aromatic rings. The summed E-state index contributed by atoms with van der Waals surface area (Å²) in [6.45, 7) is 1.25. The Morgan fingerprint density at radius 1 is 1.10 bits per heavy atom. The largest absolute Gasteiger partial charge is 0.493 e. The SMILES string of the molecule is COC(=O)/C=C/c1cc(OC(C)=O)c(OC)cc1C=O. The zero-order valence-electron chi connectivity index (χ0n) is 11.3. The quantitative estimate of drug-likeness (QED) is 0.352. The molecule has 0 saturated heterocycles. The standard InChI is InChI=1S/C14H14O6/c1-9(16)20-13-6-10(4-5-14(17)19-3)11(8-15)7-12(13)18-2/h4-8H,1-3H3/b5-4+. The molecule has 0 atom stereocenters. The van der Waals surface area contributed by atoms with Crippen molar-refractivity contribution >= 4 is 24.3 Å². The molecule has 0 radical (unpaired) electrons. The van der Waals surface area contributed by atoms with Crippen LogP contribution in [0, 0.1) is 0 Å². The molecule has 1 aromatic carbocycles. The minimum Gasteiger partial charge on any atom is -0.493 e. The Morgan fingerprint density at radius 3 is 2.25 bits per heavy atom. The Balaban J connectivity index is 3.27. The van der Waals surface area contributed by atoms with E-state index in [2.05, 4.69) is 4.74 Å². The van der Waals surface area contributed by atoms with Crippen molar-refractivity contribution in [1.29, 1.82) is 0 Å². The molecular weight excluding hydrogens is 264 g/mol. The van der Waals surface area contributed by atoms with Crippen molar-refractivity contribution in [3.05, 3.63) is 29.3 Å². The molecule has 0 aromatic heterocycles. The van der Waals surface area contributed by atoms with E-state index in [1.54, 1.807) is 0 Å². The smallest absolute Gasteiger partial charge is 0.330 e. The molecule has 0 aliphatic carbocycles. The van der Waals surface area contributed by atoms with E-state index < -0.39 is 11.9 Å². The molecule has 0 unspecified atom stereocenters. The summed E-state index contributed by atoms with van der Waals surface area (Å²) in [5.41, 5.74) is 0.695. The number of carbonyl (C=O) groups is 3. The Kier molecular flexibility index (Phi) is 5.46. The second kappa shape index (κ2) is 7.08. The van der Waals surface area contributed by atoms with E-state index in [1.807, 2.05) is 0 Å². The maximum absolute atomic E-state index is 11.1. The molecule has 1 rings (SSSR count). The van der Waals surface area contributed by atoms with Gasteiger partial charge < -0.3 is 14.2 Å². The molecule has 0 bridgehead atoms. The molecule has 0 heterocycles. The van der Waals surface area contributed by atoms with Gasteiger partial charge in [-0.05, 0) is 23.8 Å². The second-order valence-electron chi connectivity index (χ2n) is 3.70. The Bertz CT molecular complexity index is 559. The van der Waals surface area contributed by atoms with E-state index >= 15 is 0 Å². The monoisotopic (exact) mass is 278 g/mol. The van der Waals surface area contributed by atoms with Gasteiger partial charge in [-0.1, -0.05) is 0 Å². The first-order valence-corrected chi connectivity index (χ1v) is 5.63. The maximum atomic E-state index is 11.1. The third-order valence-electron chi connectivity index (χ3n) is 2.35. The molecule has 0 aliphatic heterocycles. The number of methoxy groups -OCH3 is 2. The number of benzene rings is 1. The van der Waals surface area contributed by atoms with Crippen molar-refractivity contribution < 1.29 is 28.6 Å². The van der Waals surface area contributed by atoms with Gasteiger partial charge in [-0.3, -0.25) is 9.59 Å². The van der Waals surface area contributed by atoms with Crippen LogP contribution in [0.5, 0.6) is 11.5 Å². The van der Waals surface area contributed by atoms with E-state index in [1.165, 1.54) is 39.4 Å². The summed E-state index contributed by atoms with van der Waals surface area (Å²) in [6.07, 6.45) is 3.16. The topological polar surface area (TPSA) is 78.9 Å². The van der Waals surface area contributed by atoms with E-state index in [0.717, 1.165) is 6.08 Å². The molecule has 6 heteroatoms. The summed E-state index contributed by atoms with van der Waals surface area (Å²) in [5, 5.41) is 0. The first-order chi connectivity index (χ1) is 9.51. The second-order valence-corrected chi connectivity index (χ2v) is 3.70. The number of rotatable bonds is 5. The zero-order valence-corrected chi connectivity index (χ0v) is 11.3. The van der Waals surface area contributed by atoms with Gasteiger partial charge in [0.15, 0.2) is 17.8 Å². The van der Waals surface area contributed by atoms with Crippen molar-refractivity contribution in [2.24, 2.45) is 0 Å². The highest BCUT2D eigenvalue weighted by Gasteiger charge is 2.12. The minimum atomic E-state index is -0.563. The van der Waals surface area contributed by atoms with E-state index in [4.69, 9.17) is 9.47 Å². The molecule has 0 saturated carbocycles.